The van der Waals surface area contributed by atoms with Gasteiger partial charge in [-0.15, -0.1) is 0 Å². The van der Waals surface area contributed by atoms with Gasteiger partial charge in [0.15, 0.2) is 0 Å². The lowest BCUT2D eigenvalue weighted by molar-refractivity contribution is 0.171. The van der Waals surface area contributed by atoms with Crippen LogP contribution in [0.4, 0.5) is 13.6 Å². The summed E-state index contributed by atoms with van der Waals surface area (Å²) in [6, 6.07) is 13.1. The molecule has 2 amide bonds. The molecule has 2 aromatic carbocycles. The molecule has 0 spiro atoms. The molecule has 0 aliphatic carbocycles. The highest BCUT2D eigenvalue weighted by molar-refractivity contribution is 5.76. The van der Waals surface area contributed by atoms with Crippen molar-refractivity contribution in [3.05, 3.63) is 71.0 Å². The van der Waals surface area contributed by atoms with Crippen LogP contribution in [0.1, 0.15) is 22.7 Å². The number of carbonyl (C=O) groups is 1. The van der Waals surface area contributed by atoms with Crippen molar-refractivity contribution < 1.29 is 13.6 Å². The second-order valence-electron chi connectivity index (χ2n) is 6.83. The van der Waals surface area contributed by atoms with Gasteiger partial charge in [0.05, 0.1) is 12.1 Å². The number of nitrogens with one attached hydrogen (secondary N) is 2. The lowest BCUT2D eigenvalue weighted by Crippen LogP contribution is -2.51. The monoisotopic (exact) mass is 357 g/mol. The molecule has 1 fully saturated rings. The number of carbonyl (C=O) groups excluding carboxylic acids is 1. The largest absolute Gasteiger partial charge is 0.331 e. The first-order valence-electron chi connectivity index (χ1n) is 8.88. The van der Waals surface area contributed by atoms with Gasteiger partial charge in [0.25, 0.3) is 0 Å². The third-order valence-corrected chi connectivity index (χ3v) is 5.18. The number of amides is 2. The van der Waals surface area contributed by atoms with Gasteiger partial charge in [0.1, 0.15) is 12.0 Å². The number of benzene rings is 2. The molecule has 2 aliphatic rings. The Morgan fingerprint density at radius 2 is 1.88 bits per heavy atom. The maximum Gasteiger partial charge on any atom is 0.318 e. The van der Waals surface area contributed by atoms with Gasteiger partial charge in [-0.3, -0.25) is 0 Å². The van der Waals surface area contributed by atoms with E-state index in [4.69, 9.17) is 0 Å². The Labute approximate surface area is 151 Å². The minimum absolute atomic E-state index is 0.259. The predicted molar refractivity (Wildman–Crippen MR) is 95.2 cm³/mol. The maximum absolute atomic E-state index is 13.9. The Kier molecular flexibility index (Phi) is 4.59. The Hall–Kier alpha value is -2.47. The lowest BCUT2D eigenvalue weighted by Gasteiger charge is -2.38. The van der Waals surface area contributed by atoms with Crippen molar-refractivity contribution in [2.45, 2.75) is 24.7 Å². The molecule has 26 heavy (non-hydrogen) atoms. The molecule has 0 unspecified atom stereocenters. The van der Waals surface area contributed by atoms with Crippen LogP contribution in [-0.2, 0) is 6.42 Å². The predicted octanol–water partition coefficient (Wildman–Crippen LogP) is 2.79. The summed E-state index contributed by atoms with van der Waals surface area (Å²) in [5.41, 5.74) is 3.05. The van der Waals surface area contributed by atoms with Gasteiger partial charge in [-0.25, -0.2) is 13.6 Å². The summed E-state index contributed by atoms with van der Waals surface area (Å²) in [6.07, 6.45) is -0.344. The standard InChI is InChI=1S/C20H21F2N3O/c21-15-7-5-14(6-8-15)19-16-4-2-1-3-13(16)9-10-25(19)20(26)24-18-12-23-11-17(18)22/h1-8,17-19,23H,9-12H2,(H,24,26)/t17-,18-,19-/m0/s1. The third-order valence-electron chi connectivity index (χ3n) is 5.18. The second-order valence-corrected chi connectivity index (χ2v) is 6.83. The van der Waals surface area contributed by atoms with Gasteiger partial charge in [-0.2, -0.15) is 0 Å². The second kappa shape index (κ2) is 7.03. The number of hydrogen-bond donors (Lipinski definition) is 2. The normalized spacial score (nSPS) is 25.0. The van der Waals surface area contributed by atoms with E-state index in [0.717, 1.165) is 17.5 Å². The molecule has 4 rings (SSSR count). The summed E-state index contributed by atoms with van der Waals surface area (Å²) >= 11 is 0. The molecule has 4 nitrogen and oxygen atoms in total. The van der Waals surface area contributed by atoms with Crippen molar-refractivity contribution in [2.24, 2.45) is 0 Å². The van der Waals surface area contributed by atoms with Crippen LogP contribution in [0.25, 0.3) is 0 Å². The molecular weight excluding hydrogens is 336 g/mol. The molecule has 0 aromatic heterocycles. The Morgan fingerprint density at radius 3 is 2.62 bits per heavy atom. The lowest BCUT2D eigenvalue weighted by atomic mass is 9.88. The summed E-state index contributed by atoms with van der Waals surface area (Å²) in [5.74, 6) is -0.314. The van der Waals surface area contributed by atoms with E-state index in [9.17, 15) is 13.6 Å². The van der Waals surface area contributed by atoms with Gasteiger partial charge >= 0.3 is 6.03 Å². The smallest absolute Gasteiger partial charge is 0.318 e. The fourth-order valence-electron chi connectivity index (χ4n) is 3.82. The van der Waals surface area contributed by atoms with E-state index in [0.29, 0.717) is 13.1 Å². The van der Waals surface area contributed by atoms with Crippen molar-refractivity contribution in [1.82, 2.24) is 15.5 Å². The minimum atomic E-state index is -1.08. The van der Waals surface area contributed by atoms with Crippen LogP contribution in [0.15, 0.2) is 48.5 Å². The number of fused-ring (bicyclic) bond motifs is 1. The van der Waals surface area contributed by atoms with Gasteiger partial charge < -0.3 is 15.5 Å². The van der Waals surface area contributed by atoms with E-state index in [-0.39, 0.29) is 24.4 Å². The van der Waals surface area contributed by atoms with E-state index in [1.807, 2.05) is 18.2 Å². The fourth-order valence-corrected chi connectivity index (χ4v) is 3.82. The average Bonchev–Trinajstić information content (AvgIpc) is 3.06. The summed E-state index contributed by atoms with van der Waals surface area (Å²) in [7, 11) is 0. The van der Waals surface area contributed by atoms with Crippen molar-refractivity contribution in [1.29, 1.82) is 0 Å². The number of halogens is 2. The van der Waals surface area contributed by atoms with Crippen molar-refractivity contribution in [3.63, 3.8) is 0 Å². The van der Waals surface area contributed by atoms with Crippen LogP contribution in [0, 0.1) is 5.82 Å². The molecule has 0 radical (unpaired) electrons. The number of nitrogens with zero attached hydrogens (tertiary/aromatic N) is 1. The van der Waals surface area contributed by atoms with Gasteiger partial charge in [-0.1, -0.05) is 36.4 Å². The van der Waals surface area contributed by atoms with Crippen LogP contribution >= 0.6 is 0 Å². The zero-order chi connectivity index (χ0) is 18.1. The fraction of sp³-hybridized carbons (Fsp3) is 0.350. The van der Waals surface area contributed by atoms with E-state index in [1.165, 1.54) is 17.7 Å². The maximum atomic E-state index is 13.9. The van der Waals surface area contributed by atoms with Crippen LogP contribution in [0.3, 0.4) is 0 Å². The van der Waals surface area contributed by atoms with Gasteiger partial charge in [0.2, 0.25) is 0 Å². The van der Waals surface area contributed by atoms with Crippen LogP contribution in [0.2, 0.25) is 0 Å². The van der Waals surface area contributed by atoms with Gasteiger partial charge in [-0.05, 0) is 35.2 Å². The van der Waals surface area contributed by atoms with Crippen LogP contribution < -0.4 is 10.6 Å². The highest BCUT2D eigenvalue weighted by Crippen LogP contribution is 2.35. The molecule has 1 saturated heterocycles. The summed E-state index contributed by atoms with van der Waals surface area (Å²) in [6.45, 7) is 1.22. The number of hydrogen-bond acceptors (Lipinski definition) is 2. The zero-order valence-electron chi connectivity index (χ0n) is 14.3. The Morgan fingerprint density at radius 1 is 1.12 bits per heavy atom. The quantitative estimate of drug-likeness (QED) is 0.868. The molecule has 3 atom stereocenters. The zero-order valence-corrected chi connectivity index (χ0v) is 14.3. The van der Waals surface area contributed by atoms with Crippen LogP contribution in [-0.4, -0.2) is 42.8 Å². The molecular formula is C20H21F2N3O. The van der Waals surface area contributed by atoms with Gasteiger partial charge in [0, 0.05) is 19.6 Å². The molecule has 0 bridgehead atoms. The molecule has 2 heterocycles. The van der Waals surface area contributed by atoms with E-state index in [2.05, 4.69) is 16.7 Å². The van der Waals surface area contributed by atoms with E-state index >= 15 is 0 Å². The van der Waals surface area contributed by atoms with Crippen molar-refractivity contribution in [3.8, 4) is 0 Å². The highest BCUT2D eigenvalue weighted by Gasteiger charge is 2.35. The Balaban J connectivity index is 1.66. The van der Waals surface area contributed by atoms with E-state index < -0.39 is 12.2 Å². The molecule has 0 saturated carbocycles. The topological polar surface area (TPSA) is 44.4 Å². The first-order chi connectivity index (χ1) is 12.6. The molecule has 6 heteroatoms. The average molecular weight is 357 g/mol. The summed E-state index contributed by atoms with van der Waals surface area (Å²) in [4.78, 5) is 14.6. The van der Waals surface area contributed by atoms with Crippen molar-refractivity contribution in [2.75, 3.05) is 19.6 Å². The summed E-state index contributed by atoms with van der Waals surface area (Å²) in [5, 5.41) is 5.76. The molecule has 2 aliphatic heterocycles. The first kappa shape index (κ1) is 17.0. The number of alkyl halides is 1. The van der Waals surface area contributed by atoms with Crippen LogP contribution in [0.5, 0.6) is 0 Å². The first-order valence-corrected chi connectivity index (χ1v) is 8.88. The number of rotatable bonds is 2. The number of urea groups is 1. The summed E-state index contributed by atoms with van der Waals surface area (Å²) < 4.78 is 27.3. The Bertz CT molecular complexity index is 796. The minimum Gasteiger partial charge on any atom is -0.331 e. The molecule has 136 valence electrons. The molecule has 2 aromatic rings. The SMILES string of the molecule is O=C(N[C@H]1CNC[C@@H]1F)N1CCc2ccccc2[C@@H]1c1ccc(F)cc1. The van der Waals surface area contributed by atoms with Crippen molar-refractivity contribution >= 4 is 6.03 Å². The van der Waals surface area contributed by atoms with E-state index in [1.54, 1.807) is 17.0 Å². The molecule has 2 N–H and O–H groups in total. The third kappa shape index (κ3) is 3.17. The highest BCUT2D eigenvalue weighted by atomic mass is 19.1.